The molecule has 0 N–H and O–H groups in total. The molecule has 0 saturated carbocycles. The minimum absolute atomic E-state index is 0.558. The minimum Gasteiger partial charge on any atom is -0.493 e. The molecule has 0 bridgehead atoms. The lowest BCUT2D eigenvalue weighted by atomic mass is 10.1. The number of hydrogen-bond donors (Lipinski definition) is 0. The Labute approximate surface area is 164 Å². The van der Waals surface area contributed by atoms with Crippen LogP contribution in [0, 0.1) is 0 Å². The third-order valence-corrected chi connectivity index (χ3v) is 4.42. The van der Waals surface area contributed by atoms with Gasteiger partial charge in [0.25, 0.3) is 0 Å². The van der Waals surface area contributed by atoms with Gasteiger partial charge in [-0.2, -0.15) is 0 Å². The van der Waals surface area contributed by atoms with Crippen LogP contribution in [0.25, 0.3) is 22.9 Å². The maximum atomic E-state index is 5.42. The summed E-state index contributed by atoms with van der Waals surface area (Å²) in [7, 11) is 8.01. The van der Waals surface area contributed by atoms with Crippen LogP contribution in [0.2, 0.25) is 0 Å². The van der Waals surface area contributed by atoms with Crippen LogP contribution in [0.5, 0.6) is 28.7 Å². The largest absolute Gasteiger partial charge is 0.493 e. The normalized spacial score (nSPS) is 10.9. The maximum absolute atomic E-state index is 5.42. The Morgan fingerprint density at radius 1 is 0.679 bits per heavy atom. The summed E-state index contributed by atoms with van der Waals surface area (Å²) in [5, 5.41) is 1.97. The van der Waals surface area contributed by atoms with E-state index in [2.05, 4.69) is 4.98 Å². The fraction of sp³-hybridized carbons (Fsp3) is 0.227. The second kappa shape index (κ2) is 8.52. The zero-order valence-corrected chi connectivity index (χ0v) is 16.6. The first-order valence-corrected chi connectivity index (χ1v) is 8.64. The highest BCUT2D eigenvalue weighted by Gasteiger charge is 2.12. The van der Waals surface area contributed by atoms with Crippen molar-refractivity contribution in [3.63, 3.8) is 0 Å². The summed E-state index contributed by atoms with van der Waals surface area (Å²) in [6.45, 7) is 0. The lowest BCUT2D eigenvalue weighted by Gasteiger charge is -2.13. The molecule has 146 valence electrons. The number of rotatable bonds is 7. The van der Waals surface area contributed by atoms with E-state index in [9.17, 15) is 0 Å². The quantitative estimate of drug-likeness (QED) is 0.603. The average molecular weight is 381 g/mol. The number of benzene rings is 2. The van der Waals surface area contributed by atoms with Gasteiger partial charge < -0.3 is 23.7 Å². The predicted molar refractivity (Wildman–Crippen MR) is 110 cm³/mol. The molecule has 0 aliphatic carbocycles. The van der Waals surface area contributed by atoms with Crippen LogP contribution in [0.15, 0.2) is 36.5 Å². The molecule has 0 amide bonds. The van der Waals surface area contributed by atoms with Gasteiger partial charge in [-0.15, -0.1) is 0 Å². The van der Waals surface area contributed by atoms with Gasteiger partial charge in [-0.3, -0.25) is 4.98 Å². The topological polar surface area (TPSA) is 59.0 Å². The van der Waals surface area contributed by atoms with E-state index in [1.807, 2.05) is 42.5 Å². The van der Waals surface area contributed by atoms with Crippen molar-refractivity contribution >= 4 is 22.9 Å². The Balaban J connectivity index is 2.06. The summed E-state index contributed by atoms with van der Waals surface area (Å²) in [6, 6.07) is 9.57. The maximum Gasteiger partial charge on any atom is 0.203 e. The molecule has 6 heteroatoms. The van der Waals surface area contributed by atoms with Gasteiger partial charge in [-0.1, -0.05) is 6.08 Å². The van der Waals surface area contributed by atoms with Crippen molar-refractivity contribution in [2.24, 2.45) is 0 Å². The fourth-order valence-corrected chi connectivity index (χ4v) is 3.03. The smallest absolute Gasteiger partial charge is 0.203 e. The van der Waals surface area contributed by atoms with E-state index in [1.165, 1.54) is 0 Å². The zero-order valence-electron chi connectivity index (χ0n) is 16.6. The number of methoxy groups -OCH3 is 5. The average Bonchev–Trinajstić information content (AvgIpc) is 2.75. The van der Waals surface area contributed by atoms with Crippen molar-refractivity contribution in [1.29, 1.82) is 0 Å². The molecular weight excluding hydrogens is 358 g/mol. The molecule has 2 aromatic carbocycles. The van der Waals surface area contributed by atoms with E-state index >= 15 is 0 Å². The zero-order chi connectivity index (χ0) is 20.1. The second-order valence-electron chi connectivity index (χ2n) is 5.92. The number of aromatic nitrogens is 1. The van der Waals surface area contributed by atoms with Crippen LogP contribution in [-0.4, -0.2) is 40.5 Å². The van der Waals surface area contributed by atoms with Gasteiger partial charge in [0.15, 0.2) is 23.0 Å². The van der Waals surface area contributed by atoms with Gasteiger partial charge >= 0.3 is 0 Å². The molecule has 0 fully saturated rings. The molecule has 0 saturated heterocycles. The van der Waals surface area contributed by atoms with E-state index in [0.29, 0.717) is 28.7 Å². The molecule has 0 aliphatic rings. The third kappa shape index (κ3) is 3.67. The molecule has 3 rings (SSSR count). The van der Waals surface area contributed by atoms with Crippen molar-refractivity contribution in [3.8, 4) is 28.7 Å². The number of ether oxygens (including phenoxy) is 5. The Morgan fingerprint density at radius 3 is 1.86 bits per heavy atom. The van der Waals surface area contributed by atoms with Gasteiger partial charge in [-0.25, -0.2) is 0 Å². The van der Waals surface area contributed by atoms with Crippen LogP contribution in [0.1, 0.15) is 11.3 Å². The number of pyridine rings is 1. The molecule has 1 aromatic heterocycles. The molecule has 28 heavy (non-hydrogen) atoms. The van der Waals surface area contributed by atoms with Gasteiger partial charge in [0.2, 0.25) is 5.75 Å². The monoisotopic (exact) mass is 381 g/mol. The highest BCUT2D eigenvalue weighted by molar-refractivity contribution is 5.93. The summed E-state index contributed by atoms with van der Waals surface area (Å²) in [4.78, 5) is 4.50. The Kier molecular flexibility index (Phi) is 5.89. The Morgan fingerprint density at radius 2 is 1.29 bits per heavy atom. The summed E-state index contributed by atoms with van der Waals surface area (Å²) in [5.41, 5.74) is 1.71. The highest BCUT2D eigenvalue weighted by Crippen LogP contribution is 2.39. The molecule has 6 nitrogen and oxygen atoms in total. The van der Waals surface area contributed by atoms with Gasteiger partial charge in [0, 0.05) is 11.6 Å². The highest BCUT2D eigenvalue weighted by atomic mass is 16.5. The van der Waals surface area contributed by atoms with Crippen molar-refractivity contribution in [1.82, 2.24) is 4.98 Å². The molecule has 1 heterocycles. The Bertz CT molecular complexity index is 988. The van der Waals surface area contributed by atoms with Gasteiger partial charge in [0.1, 0.15) is 0 Å². The van der Waals surface area contributed by atoms with E-state index in [4.69, 9.17) is 23.7 Å². The van der Waals surface area contributed by atoms with Crippen LogP contribution in [0.4, 0.5) is 0 Å². The SMILES string of the molecule is COc1cc2ccnc(/C=C/c3cc(OC)c(OC)c(OC)c3)c2cc1OC. The third-order valence-electron chi connectivity index (χ3n) is 4.42. The number of nitrogens with zero attached hydrogens (tertiary/aromatic N) is 1. The predicted octanol–water partition coefficient (Wildman–Crippen LogP) is 4.45. The Hall–Kier alpha value is -3.41. The molecule has 0 unspecified atom stereocenters. The van der Waals surface area contributed by atoms with Crippen LogP contribution in [-0.2, 0) is 0 Å². The molecule has 3 aromatic rings. The molecule has 0 spiro atoms. The first-order valence-electron chi connectivity index (χ1n) is 8.64. The standard InChI is InChI=1S/C22H23NO5/c1-24-18-12-15-8-9-23-17(16(15)13-19(18)25-2)7-6-14-10-20(26-3)22(28-5)21(11-14)27-4/h6-13H,1-5H3/b7-6+. The van der Waals surface area contributed by atoms with Crippen LogP contribution < -0.4 is 23.7 Å². The van der Waals surface area contributed by atoms with Gasteiger partial charge in [0.05, 0.1) is 41.2 Å². The lowest BCUT2D eigenvalue weighted by Crippen LogP contribution is -1.95. The summed E-state index contributed by atoms with van der Waals surface area (Å²) < 4.78 is 27.0. The fourth-order valence-electron chi connectivity index (χ4n) is 3.03. The lowest BCUT2D eigenvalue weighted by molar-refractivity contribution is 0.324. The molecule has 0 aliphatic heterocycles. The van der Waals surface area contributed by atoms with Crippen molar-refractivity contribution < 1.29 is 23.7 Å². The summed E-state index contributed by atoms with van der Waals surface area (Å²) >= 11 is 0. The van der Waals surface area contributed by atoms with Crippen LogP contribution in [0.3, 0.4) is 0 Å². The number of hydrogen-bond acceptors (Lipinski definition) is 6. The van der Waals surface area contributed by atoms with E-state index in [-0.39, 0.29) is 0 Å². The minimum atomic E-state index is 0.558. The van der Waals surface area contributed by atoms with E-state index < -0.39 is 0 Å². The molecule has 0 radical (unpaired) electrons. The first kappa shape index (κ1) is 19.4. The molecule has 0 atom stereocenters. The first-order chi connectivity index (χ1) is 13.6. The molecular formula is C22H23NO5. The number of fused-ring (bicyclic) bond motifs is 1. The van der Waals surface area contributed by atoms with E-state index in [1.54, 1.807) is 41.7 Å². The summed E-state index contributed by atoms with van der Waals surface area (Å²) in [6.07, 6.45) is 5.65. The van der Waals surface area contributed by atoms with Crippen molar-refractivity contribution in [2.75, 3.05) is 35.5 Å². The van der Waals surface area contributed by atoms with Gasteiger partial charge in [-0.05, 0) is 47.4 Å². The van der Waals surface area contributed by atoms with E-state index in [0.717, 1.165) is 22.0 Å². The second-order valence-corrected chi connectivity index (χ2v) is 5.92. The van der Waals surface area contributed by atoms with Crippen LogP contribution >= 0.6 is 0 Å². The summed E-state index contributed by atoms with van der Waals surface area (Å²) in [5.74, 6) is 3.09. The van der Waals surface area contributed by atoms with Crippen molar-refractivity contribution in [2.45, 2.75) is 0 Å². The van der Waals surface area contributed by atoms with Crippen molar-refractivity contribution in [3.05, 3.63) is 47.8 Å².